The van der Waals surface area contributed by atoms with Crippen molar-refractivity contribution in [3.63, 3.8) is 0 Å². The molecule has 9 heteroatoms. The van der Waals surface area contributed by atoms with Crippen molar-refractivity contribution in [1.82, 2.24) is 15.0 Å². The molecule has 2 aromatic heterocycles. The van der Waals surface area contributed by atoms with Gasteiger partial charge in [0.15, 0.2) is 5.75 Å². The molecule has 2 atom stereocenters. The van der Waals surface area contributed by atoms with Crippen LogP contribution in [0.15, 0.2) is 48.8 Å². The van der Waals surface area contributed by atoms with Gasteiger partial charge < -0.3 is 10.1 Å². The number of nitrogens with one attached hydrogen (secondary N) is 1. The zero-order chi connectivity index (χ0) is 22.0. The van der Waals surface area contributed by atoms with Gasteiger partial charge in [0.05, 0.1) is 24.9 Å². The Balaban J connectivity index is 1.57. The molecular weight excluding hydrogens is 409 g/mol. The lowest BCUT2D eigenvalue weighted by Crippen LogP contribution is -2.27. The first-order chi connectivity index (χ1) is 14.9. The van der Waals surface area contributed by atoms with Crippen molar-refractivity contribution in [1.29, 1.82) is 0 Å². The molecule has 0 bridgehead atoms. The lowest BCUT2D eigenvalue weighted by Gasteiger charge is -2.20. The number of nitrogens with zero attached hydrogens (tertiary/aromatic N) is 3. The largest absolute Gasteiger partial charge is 0.489 e. The van der Waals surface area contributed by atoms with Gasteiger partial charge in [-0.3, -0.25) is 4.79 Å². The minimum absolute atomic E-state index is 0.00477. The number of carbonyl (C=O) groups excluding carboxylic acids is 1. The van der Waals surface area contributed by atoms with Crippen LogP contribution in [-0.2, 0) is 16.9 Å². The van der Waals surface area contributed by atoms with Crippen molar-refractivity contribution in [3.05, 3.63) is 77.5 Å². The van der Waals surface area contributed by atoms with Crippen LogP contribution < -0.4 is 10.1 Å². The molecule has 1 amide bonds. The van der Waals surface area contributed by atoms with Gasteiger partial charge in [0.1, 0.15) is 35.6 Å². The summed E-state index contributed by atoms with van der Waals surface area (Å²) in [5.74, 6) is -1.05. The Bertz CT molecular complexity index is 1110. The summed E-state index contributed by atoms with van der Waals surface area (Å²) in [7, 11) is 0. The highest BCUT2D eigenvalue weighted by Gasteiger charge is 2.60. The number of halogens is 3. The van der Waals surface area contributed by atoms with E-state index in [2.05, 4.69) is 20.3 Å². The molecule has 3 aromatic rings. The van der Waals surface area contributed by atoms with E-state index in [1.165, 1.54) is 30.5 Å². The Kier molecular flexibility index (Phi) is 5.58. The van der Waals surface area contributed by atoms with Gasteiger partial charge in [-0.25, -0.2) is 28.1 Å². The molecular formula is C22H19F3N4O2. The molecule has 31 heavy (non-hydrogen) atoms. The summed E-state index contributed by atoms with van der Waals surface area (Å²) in [5.41, 5.74) is -0.112. The predicted octanol–water partition coefficient (Wildman–Crippen LogP) is 3.90. The molecule has 0 radical (unpaired) electrons. The maximum absolute atomic E-state index is 13.9. The van der Waals surface area contributed by atoms with Crippen molar-refractivity contribution >= 4 is 11.7 Å². The lowest BCUT2D eigenvalue weighted by molar-refractivity contribution is -0.117. The summed E-state index contributed by atoms with van der Waals surface area (Å²) >= 11 is 0. The minimum atomic E-state index is -0.828. The summed E-state index contributed by atoms with van der Waals surface area (Å²) in [5, 5.41) is 2.65. The van der Waals surface area contributed by atoms with E-state index >= 15 is 0 Å². The van der Waals surface area contributed by atoms with E-state index in [-0.39, 0.29) is 29.8 Å². The summed E-state index contributed by atoms with van der Waals surface area (Å²) in [6.45, 7) is 0.818. The maximum atomic E-state index is 13.9. The highest BCUT2D eigenvalue weighted by Crippen LogP contribution is 2.55. The van der Waals surface area contributed by atoms with Crippen LogP contribution >= 0.6 is 0 Å². The predicted molar refractivity (Wildman–Crippen MR) is 106 cm³/mol. The van der Waals surface area contributed by atoms with Crippen LogP contribution in [0.1, 0.15) is 23.5 Å². The van der Waals surface area contributed by atoms with Crippen LogP contribution in [0.5, 0.6) is 5.75 Å². The van der Waals surface area contributed by atoms with E-state index in [1.807, 2.05) is 0 Å². The van der Waals surface area contributed by atoms with Crippen LogP contribution in [0.3, 0.4) is 0 Å². The van der Waals surface area contributed by atoms with Crippen molar-refractivity contribution in [3.8, 4) is 5.75 Å². The number of benzene rings is 1. The maximum Gasteiger partial charge on any atom is 0.229 e. The topological polar surface area (TPSA) is 77.0 Å². The molecule has 2 heterocycles. The fourth-order valence-electron chi connectivity index (χ4n) is 3.60. The monoisotopic (exact) mass is 428 g/mol. The number of ether oxygens (including phenoxy) is 1. The van der Waals surface area contributed by atoms with E-state index in [4.69, 9.17) is 4.74 Å². The van der Waals surface area contributed by atoms with Gasteiger partial charge in [-0.05, 0) is 43.2 Å². The summed E-state index contributed by atoms with van der Waals surface area (Å²) in [6.07, 6.45) is 2.78. The molecule has 0 aliphatic heterocycles. The number of carbonyl (C=O) groups is 1. The van der Waals surface area contributed by atoms with Crippen molar-refractivity contribution in [2.24, 2.45) is 5.92 Å². The molecule has 1 aliphatic rings. The average molecular weight is 428 g/mol. The molecule has 1 aliphatic carbocycles. The van der Waals surface area contributed by atoms with E-state index in [9.17, 15) is 18.0 Å². The molecule has 0 unspecified atom stereocenters. The van der Waals surface area contributed by atoms with Gasteiger partial charge >= 0.3 is 0 Å². The average Bonchev–Trinajstić information content (AvgIpc) is 3.50. The Labute approximate surface area is 176 Å². The van der Waals surface area contributed by atoms with Gasteiger partial charge in [0.2, 0.25) is 5.91 Å². The zero-order valence-electron chi connectivity index (χ0n) is 16.6. The highest BCUT2D eigenvalue weighted by atomic mass is 19.1. The van der Waals surface area contributed by atoms with Crippen LogP contribution in [0.4, 0.5) is 19.0 Å². The summed E-state index contributed by atoms with van der Waals surface area (Å²) < 4.78 is 46.1. The van der Waals surface area contributed by atoms with Crippen LogP contribution in [0.2, 0.25) is 0 Å². The van der Waals surface area contributed by atoms with Crippen molar-refractivity contribution in [2.75, 3.05) is 11.9 Å². The zero-order valence-corrected chi connectivity index (χ0v) is 16.6. The standard InChI is InChI=1S/C22H19F3N4O2/c1-13-26-11-19(18(9-23)28-13)31-12-22(14-3-2-4-15(24)7-14)8-17(22)21(30)29-20-6-5-16(25)10-27-20/h2-7,10-11,17H,8-9,12H2,1H3,(H,27,29,30)/t17-,22+/m0/s1. The molecule has 4 rings (SSSR count). The third-order valence-corrected chi connectivity index (χ3v) is 5.33. The van der Waals surface area contributed by atoms with Crippen LogP contribution in [-0.4, -0.2) is 27.5 Å². The van der Waals surface area contributed by atoms with Crippen molar-refractivity contribution < 1.29 is 22.7 Å². The van der Waals surface area contributed by atoms with Gasteiger partial charge in [-0.1, -0.05) is 12.1 Å². The third-order valence-electron chi connectivity index (χ3n) is 5.33. The van der Waals surface area contributed by atoms with E-state index < -0.39 is 29.6 Å². The van der Waals surface area contributed by atoms with Crippen LogP contribution in [0.25, 0.3) is 0 Å². The molecule has 1 saturated carbocycles. The van der Waals surface area contributed by atoms with Gasteiger partial charge in [-0.2, -0.15) is 0 Å². The Hall–Kier alpha value is -3.49. The number of rotatable bonds is 7. The molecule has 1 aromatic carbocycles. The number of hydrogen-bond acceptors (Lipinski definition) is 5. The number of alkyl halides is 1. The number of pyridine rings is 1. The Morgan fingerprint density at radius 1 is 1.19 bits per heavy atom. The molecule has 1 N–H and O–H groups in total. The first-order valence-electron chi connectivity index (χ1n) is 9.61. The number of aryl methyl sites for hydroxylation is 1. The molecule has 1 fully saturated rings. The lowest BCUT2D eigenvalue weighted by atomic mass is 9.93. The number of aromatic nitrogens is 3. The minimum Gasteiger partial charge on any atom is -0.489 e. The second-order valence-electron chi connectivity index (χ2n) is 7.42. The summed E-state index contributed by atoms with van der Waals surface area (Å²) in [6, 6.07) is 8.49. The van der Waals surface area contributed by atoms with Crippen molar-refractivity contribution in [2.45, 2.75) is 25.4 Å². The Morgan fingerprint density at radius 3 is 2.74 bits per heavy atom. The van der Waals surface area contributed by atoms with E-state index in [0.29, 0.717) is 17.8 Å². The number of hydrogen-bond donors (Lipinski definition) is 1. The van der Waals surface area contributed by atoms with Gasteiger partial charge in [0, 0.05) is 5.41 Å². The fourth-order valence-corrected chi connectivity index (χ4v) is 3.60. The SMILES string of the molecule is Cc1ncc(OC[C@@]2(c3cccc(F)c3)C[C@H]2C(=O)Nc2ccc(F)cn2)c(CF)n1. The van der Waals surface area contributed by atoms with E-state index in [0.717, 1.165) is 6.20 Å². The quantitative estimate of drug-likeness (QED) is 0.618. The second-order valence-corrected chi connectivity index (χ2v) is 7.42. The van der Waals surface area contributed by atoms with E-state index in [1.54, 1.807) is 19.1 Å². The summed E-state index contributed by atoms with van der Waals surface area (Å²) in [4.78, 5) is 24.7. The fraction of sp³-hybridized carbons (Fsp3) is 0.273. The first-order valence-corrected chi connectivity index (χ1v) is 9.61. The molecule has 0 saturated heterocycles. The molecule has 6 nitrogen and oxygen atoms in total. The number of amides is 1. The van der Waals surface area contributed by atoms with Gasteiger partial charge in [-0.15, -0.1) is 0 Å². The Morgan fingerprint density at radius 2 is 2.03 bits per heavy atom. The second kappa shape index (κ2) is 8.33. The first kappa shape index (κ1) is 20.8. The molecule has 0 spiro atoms. The normalized spacial score (nSPS) is 19.7. The smallest absolute Gasteiger partial charge is 0.229 e. The van der Waals surface area contributed by atoms with Gasteiger partial charge in [0.25, 0.3) is 0 Å². The molecule has 160 valence electrons. The third kappa shape index (κ3) is 4.35. The number of anilines is 1. The van der Waals surface area contributed by atoms with Crippen LogP contribution in [0, 0.1) is 24.5 Å². The highest BCUT2D eigenvalue weighted by molar-refractivity contribution is 5.95.